The highest BCUT2D eigenvalue weighted by molar-refractivity contribution is 5.85. The van der Waals surface area contributed by atoms with E-state index in [0.29, 0.717) is 5.92 Å². The van der Waals surface area contributed by atoms with Gasteiger partial charge in [0.15, 0.2) is 0 Å². The molecular formula is C14H25N3O2. The van der Waals surface area contributed by atoms with E-state index in [4.69, 9.17) is 5.73 Å². The van der Waals surface area contributed by atoms with Gasteiger partial charge in [-0.05, 0) is 31.7 Å². The number of rotatable bonds is 4. The maximum Gasteiger partial charge on any atom is 0.237 e. The average Bonchev–Trinajstić information content (AvgIpc) is 2.88. The molecule has 2 amide bonds. The fourth-order valence-electron chi connectivity index (χ4n) is 3.35. The van der Waals surface area contributed by atoms with Gasteiger partial charge >= 0.3 is 0 Å². The van der Waals surface area contributed by atoms with Gasteiger partial charge in [-0.2, -0.15) is 0 Å². The van der Waals surface area contributed by atoms with Crippen molar-refractivity contribution >= 4 is 11.8 Å². The van der Waals surface area contributed by atoms with Crippen LogP contribution in [0.25, 0.3) is 0 Å². The van der Waals surface area contributed by atoms with Crippen LogP contribution in [-0.2, 0) is 9.59 Å². The van der Waals surface area contributed by atoms with Gasteiger partial charge in [0.1, 0.15) is 0 Å². The van der Waals surface area contributed by atoms with Crippen molar-refractivity contribution in [1.29, 1.82) is 0 Å². The third-order valence-electron chi connectivity index (χ3n) is 4.29. The van der Waals surface area contributed by atoms with Gasteiger partial charge < -0.3 is 16.0 Å². The summed E-state index contributed by atoms with van der Waals surface area (Å²) in [7, 11) is 0. The molecule has 5 heteroatoms. The van der Waals surface area contributed by atoms with E-state index in [1.165, 1.54) is 0 Å². The van der Waals surface area contributed by atoms with E-state index in [2.05, 4.69) is 12.2 Å². The van der Waals surface area contributed by atoms with Crippen LogP contribution in [0, 0.1) is 11.8 Å². The number of amides is 2. The molecular weight excluding hydrogens is 242 g/mol. The number of hydrogen-bond donors (Lipinski definition) is 2. The summed E-state index contributed by atoms with van der Waals surface area (Å²) in [5.41, 5.74) is 5.31. The van der Waals surface area contributed by atoms with Gasteiger partial charge in [0.05, 0.1) is 12.5 Å². The Balaban J connectivity index is 2.03. The molecule has 2 rings (SSSR count). The van der Waals surface area contributed by atoms with Gasteiger partial charge in [-0.15, -0.1) is 0 Å². The molecule has 1 aliphatic carbocycles. The molecule has 2 fully saturated rings. The molecule has 1 aliphatic heterocycles. The number of carbonyl (C=O) groups excluding carboxylic acids is 2. The summed E-state index contributed by atoms with van der Waals surface area (Å²) < 4.78 is 0. The summed E-state index contributed by atoms with van der Waals surface area (Å²) in [5.74, 6) is 0.229. The predicted molar refractivity (Wildman–Crippen MR) is 73.3 cm³/mol. The lowest BCUT2D eigenvalue weighted by Gasteiger charge is -2.34. The Morgan fingerprint density at radius 1 is 1.26 bits per heavy atom. The number of primary amides is 1. The van der Waals surface area contributed by atoms with Crippen LogP contribution >= 0.6 is 0 Å². The summed E-state index contributed by atoms with van der Waals surface area (Å²) in [6.07, 6.45) is 5.22. The molecule has 2 unspecified atom stereocenters. The van der Waals surface area contributed by atoms with Gasteiger partial charge in [-0.25, -0.2) is 0 Å². The van der Waals surface area contributed by atoms with E-state index >= 15 is 0 Å². The third kappa shape index (κ3) is 3.69. The summed E-state index contributed by atoms with van der Waals surface area (Å²) >= 11 is 0. The number of carbonyl (C=O) groups is 2. The molecule has 0 spiro atoms. The van der Waals surface area contributed by atoms with Crippen LogP contribution in [0.5, 0.6) is 0 Å². The van der Waals surface area contributed by atoms with Crippen LogP contribution in [0.15, 0.2) is 0 Å². The molecule has 0 bridgehead atoms. The molecule has 1 heterocycles. The standard InChI is InChI=1S/C14H25N3O2/c1-10-6-11(8-16-7-10)14(19)17(9-13(15)18)12-4-2-3-5-12/h10-12,16H,2-9H2,1H3,(H2,15,18). The Hall–Kier alpha value is -1.10. The Morgan fingerprint density at radius 3 is 2.53 bits per heavy atom. The van der Waals surface area contributed by atoms with Crippen LogP contribution in [0.3, 0.4) is 0 Å². The fourth-order valence-corrected chi connectivity index (χ4v) is 3.35. The Labute approximate surface area is 114 Å². The number of hydrogen-bond acceptors (Lipinski definition) is 3. The second-order valence-electron chi connectivity index (χ2n) is 6.07. The van der Waals surface area contributed by atoms with Crippen molar-refractivity contribution in [3.8, 4) is 0 Å². The molecule has 108 valence electrons. The van der Waals surface area contributed by atoms with Crippen LogP contribution in [0.1, 0.15) is 39.0 Å². The van der Waals surface area contributed by atoms with E-state index in [9.17, 15) is 9.59 Å². The number of nitrogens with two attached hydrogens (primary N) is 1. The van der Waals surface area contributed by atoms with Crippen molar-refractivity contribution in [3.63, 3.8) is 0 Å². The highest BCUT2D eigenvalue weighted by Gasteiger charge is 2.34. The first-order valence-electron chi connectivity index (χ1n) is 7.37. The van der Waals surface area contributed by atoms with Crippen molar-refractivity contribution in [2.24, 2.45) is 17.6 Å². The summed E-state index contributed by atoms with van der Waals surface area (Å²) in [4.78, 5) is 25.6. The number of nitrogens with one attached hydrogen (secondary N) is 1. The molecule has 0 aromatic heterocycles. The molecule has 0 radical (unpaired) electrons. The summed E-state index contributed by atoms with van der Waals surface area (Å²) in [6, 6.07) is 0.220. The minimum atomic E-state index is -0.405. The monoisotopic (exact) mass is 267 g/mol. The first-order valence-corrected chi connectivity index (χ1v) is 7.37. The zero-order valence-electron chi connectivity index (χ0n) is 11.7. The van der Waals surface area contributed by atoms with E-state index in [-0.39, 0.29) is 24.4 Å². The van der Waals surface area contributed by atoms with Crippen LogP contribution < -0.4 is 11.1 Å². The van der Waals surface area contributed by atoms with Crippen molar-refractivity contribution in [2.45, 2.75) is 45.1 Å². The molecule has 1 saturated carbocycles. The summed E-state index contributed by atoms with van der Waals surface area (Å²) in [6.45, 7) is 3.93. The molecule has 19 heavy (non-hydrogen) atoms. The van der Waals surface area contributed by atoms with E-state index in [1.807, 2.05) is 0 Å². The Morgan fingerprint density at radius 2 is 1.95 bits per heavy atom. The van der Waals surface area contributed by atoms with Crippen LogP contribution in [0.4, 0.5) is 0 Å². The van der Waals surface area contributed by atoms with Crippen molar-refractivity contribution < 1.29 is 9.59 Å². The lowest BCUT2D eigenvalue weighted by molar-refractivity contribution is -0.142. The van der Waals surface area contributed by atoms with Crippen molar-refractivity contribution in [3.05, 3.63) is 0 Å². The topological polar surface area (TPSA) is 75.4 Å². The molecule has 5 nitrogen and oxygen atoms in total. The normalized spacial score (nSPS) is 28.3. The molecule has 0 aromatic carbocycles. The van der Waals surface area contributed by atoms with Crippen LogP contribution in [-0.4, -0.2) is 42.4 Å². The second-order valence-corrected chi connectivity index (χ2v) is 6.07. The van der Waals surface area contributed by atoms with Gasteiger partial charge in [0, 0.05) is 12.6 Å². The molecule has 2 aliphatic rings. The minimum absolute atomic E-state index is 0.00343. The van der Waals surface area contributed by atoms with Gasteiger partial charge in [0.25, 0.3) is 0 Å². The summed E-state index contributed by atoms with van der Waals surface area (Å²) in [5, 5.41) is 3.30. The van der Waals surface area contributed by atoms with Crippen molar-refractivity contribution in [1.82, 2.24) is 10.2 Å². The molecule has 0 aromatic rings. The first kappa shape index (κ1) is 14.3. The zero-order chi connectivity index (χ0) is 13.8. The highest BCUT2D eigenvalue weighted by Crippen LogP contribution is 2.26. The Kier molecular flexibility index (Phi) is 4.80. The third-order valence-corrected chi connectivity index (χ3v) is 4.29. The largest absolute Gasteiger partial charge is 0.368 e. The van der Waals surface area contributed by atoms with Crippen molar-refractivity contribution in [2.75, 3.05) is 19.6 Å². The van der Waals surface area contributed by atoms with Gasteiger partial charge in [-0.1, -0.05) is 19.8 Å². The molecule has 1 saturated heterocycles. The van der Waals surface area contributed by atoms with Gasteiger partial charge in [-0.3, -0.25) is 9.59 Å². The smallest absolute Gasteiger partial charge is 0.237 e. The molecule has 2 atom stereocenters. The average molecular weight is 267 g/mol. The molecule has 3 N–H and O–H groups in total. The first-order chi connectivity index (χ1) is 9.08. The maximum absolute atomic E-state index is 12.6. The maximum atomic E-state index is 12.6. The lowest BCUT2D eigenvalue weighted by Crippen LogP contribution is -2.50. The zero-order valence-corrected chi connectivity index (χ0v) is 11.7. The second kappa shape index (κ2) is 6.37. The highest BCUT2D eigenvalue weighted by atomic mass is 16.2. The SMILES string of the molecule is CC1CNCC(C(=O)N(CC(N)=O)C2CCCC2)C1. The predicted octanol–water partition coefficient (Wildman–Crippen LogP) is 0.489. The number of nitrogens with zero attached hydrogens (tertiary/aromatic N) is 1. The fraction of sp³-hybridized carbons (Fsp3) is 0.857. The lowest BCUT2D eigenvalue weighted by atomic mass is 9.90. The van der Waals surface area contributed by atoms with Crippen LogP contribution in [0.2, 0.25) is 0 Å². The Bertz CT molecular complexity index is 340. The number of piperidine rings is 1. The van der Waals surface area contributed by atoms with E-state index in [0.717, 1.165) is 45.2 Å². The van der Waals surface area contributed by atoms with E-state index in [1.54, 1.807) is 4.90 Å². The quantitative estimate of drug-likeness (QED) is 0.778. The van der Waals surface area contributed by atoms with E-state index < -0.39 is 5.91 Å². The van der Waals surface area contributed by atoms with Gasteiger partial charge in [0.2, 0.25) is 11.8 Å². The minimum Gasteiger partial charge on any atom is -0.368 e.